The third kappa shape index (κ3) is 4.91. The van der Waals surface area contributed by atoms with Crippen molar-refractivity contribution in [3.05, 3.63) is 57.9 Å². The lowest BCUT2D eigenvalue weighted by molar-refractivity contribution is 0.0387. The number of nitrogens with zero attached hydrogens (tertiary/aromatic N) is 2. The molecule has 0 spiro atoms. The van der Waals surface area contributed by atoms with Crippen LogP contribution in [0.15, 0.2) is 24.3 Å². The van der Waals surface area contributed by atoms with Crippen molar-refractivity contribution >= 4 is 11.9 Å². The molecule has 1 aliphatic rings. The number of carbonyl (C=O) groups is 2. The fourth-order valence-electron chi connectivity index (χ4n) is 3.86. The first-order chi connectivity index (χ1) is 14.4. The van der Waals surface area contributed by atoms with Crippen LogP contribution in [0.1, 0.15) is 43.2 Å². The van der Waals surface area contributed by atoms with E-state index in [0.29, 0.717) is 42.2 Å². The van der Waals surface area contributed by atoms with Gasteiger partial charge in [0.05, 0.1) is 12.2 Å². The van der Waals surface area contributed by atoms with Crippen molar-refractivity contribution in [1.29, 1.82) is 0 Å². The molecule has 0 aliphatic carbocycles. The SMILES string of the molecule is COCCOC(=O)c1c(C)[nH]c(C(=O)N2CCN(Cc3ccccc3C)CC2)c1C. The molecule has 1 amide bonds. The fourth-order valence-corrected chi connectivity index (χ4v) is 3.86. The lowest BCUT2D eigenvalue weighted by Gasteiger charge is -2.35. The second kappa shape index (κ2) is 9.91. The van der Waals surface area contributed by atoms with Gasteiger partial charge in [-0.15, -0.1) is 0 Å². The number of aromatic amines is 1. The Labute approximate surface area is 178 Å². The monoisotopic (exact) mass is 413 g/mol. The minimum absolute atomic E-state index is 0.0675. The average molecular weight is 414 g/mol. The van der Waals surface area contributed by atoms with E-state index in [0.717, 1.165) is 19.6 Å². The molecule has 1 saturated heterocycles. The Morgan fingerprint density at radius 2 is 1.73 bits per heavy atom. The van der Waals surface area contributed by atoms with E-state index in [2.05, 4.69) is 41.1 Å². The third-order valence-electron chi connectivity index (χ3n) is 5.69. The molecule has 0 unspecified atom stereocenters. The van der Waals surface area contributed by atoms with E-state index >= 15 is 0 Å². The molecule has 1 aromatic heterocycles. The number of piperazine rings is 1. The predicted molar refractivity (Wildman–Crippen MR) is 115 cm³/mol. The summed E-state index contributed by atoms with van der Waals surface area (Å²) < 4.78 is 10.1. The van der Waals surface area contributed by atoms with Crippen LogP contribution in [0.25, 0.3) is 0 Å². The fraction of sp³-hybridized carbons (Fsp3) is 0.478. The van der Waals surface area contributed by atoms with E-state index in [1.165, 1.54) is 11.1 Å². The van der Waals surface area contributed by atoms with Gasteiger partial charge in [-0.05, 0) is 37.5 Å². The molecule has 1 N–H and O–H groups in total. The van der Waals surface area contributed by atoms with E-state index in [1.807, 2.05) is 4.90 Å². The molecule has 1 aromatic carbocycles. The van der Waals surface area contributed by atoms with Crippen molar-refractivity contribution in [2.45, 2.75) is 27.3 Å². The van der Waals surface area contributed by atoms with Crippen LogP contribution >= 0.6 is 0 Å². The zero-order chi connectivity index (χ0) is 21.7. The minimum atomic E-state index is -0.430. The summed E-state index contributed by atoms with van der Waals surface area (Å²) in [5, 5.41) is 0. The van der Waals surface area contributed by atoms with Crippen LogP contribution in [0.5, 0.6) is 0 Å². The van der Waals surface area contributed by atoms with E-state index in [9.17, 15) is 9.59 Å². The highest BCUT2D eigenvalue weighted by Gasteiger charge is 2.28. The largest absolute Gasteiger partial charge is 0.460 e. The topological polar surface area (TPSA) is 74.9 Å². The first kappa shape index (κ1) is 22.1. The highest BCUT2D eigenvalue weighted by Crippen LogP contribution is 2.21. The molecule has 162 valence electrons. The quantitative estimate of drug-likeness (QED) is 0.558. The molecule has 2 aromatic rings. The standard InChI is InChI=1S/C23H31N3O4/c1-16-7-5-6-8-19(16)15-25-9-11-26(12-10-25)22(27)21-17(2)20(18(3)24-21)23(28)30-14-13-29-4/h5-8,24H,9-15H2,1-4H3. The number of methoxy groups -OCH3 is 1. The van der Waals surface area contributed by atoms with Crippen LogP contribution in [0.3, 0.4) is 0 Å². The van der Waals surface area contributed by atoms with Crippen molar-refractivity contribution in [1.82, 2.24) is 14.8 Å². The molecule has 2 heterocycles. The zero-order valence-corrected chi connectivity index (χ0v) is 18.3. The van der Waals surface area contributed by atoms with Crippen molar-refractivity contribution in [3.8, 4) is 0 Å². The second-order valence-electron chi connectivity index (χ2n) is 7.75. The van der Waals surface area contributed by atoms with Gasteiger partial charge in [0.2, 0.25) is 0 Å². The third-order valence-corrected chi connectivity index (χ3v) is 5.69. The van der Waals surface area contributed by atoms with Crippen molar-refractivity contribution in [2.24, 2.45) is 0 Å². The van der Waals surface area contributed by atoms with Gasteiger partial charge in [-0.25, -0.2) is 4.79 Å². The summed E-state index contributed by atoms with van der Waals surface area (Å²) in [4.78, 5) is 32.8. The van der Waals surface area contributed by atoms with Gasteiger partial charge in [-0.1, -0.05) is 24.3 Å². The molecule has 1 aliphatic heterocycles. The number of aryl methyl sites for hydroxylation is 2. The maximum Gasteiger partial charge on any atom is 0.340 e. The highest BCUT2D eigenvalue weighted by atomic mass is 16.6. The Morgan fingerprint density at radius 1 is 1.03 bits per heavy atom. The average Bonchev–Trinajstić information content (AvgIpc) is 3.04. The predicted octanol–water partition coefficient (Wildman–Crippen LogP) is 2.70. The molecule has 30 heavy (non-hydrogen) atoms. The molecular formula is C23H31N3O4. The Bertz CT molecular complexity index is 898. The second-order valence-corrected chi connectivity index (χ2v) is 7.75. The summed E-state index contributed by atoms with van der Waals surface area (Å²) in [6, 6.07) is 8.41. The number of carbonyl (C=O) groups excluding carboxylic acids is 2. The molecule has 7 heteroatoms. The zero-order valence-electron chi connectivity index (χ0n) is 18.3. The molecule has 0 atom stereocenters. The van der Waals surface area contributed by atoms with Gasteiger partial charge in [0.15, 0.2) is 0 Å². The molecule has 3 rings (SSSR count). The summed E-state index contributed by atoms with van der Waals surface area (Å²) in [6.07, 6.45) is 0. The smallest absolute Gasteiger partial charge is 0.340 e. The number of hydrogen-bond donors (Lipinski definition) is 1. The number of esters is 1. The lowest BCUT2D eigenvalue weighted by Crippen LogP contribution is -2.48. The number of H-pyrrole nitrogens is 1. The Balaban J connectivity index is 1.62. The normalized spacial score (nSPS) is 14.7. The van der Waals surface area contributed by atoms with Gasteiger partial charge in [0, 0.05) is 45.5 Å². The molecule has 0 bridgehead atoms. The number of hydrogen-bond acceptors (Lipinski definition) is 5. The number of rotatable bonds is 7. The Morgan fingerprint density at radius 3 is 2.40 bits per heavy atom. The first-order valence-corrected chi connectivity index (χ1v) is 10.3. The summed E-state index contributed by atoms with van der Waals surface area (Å²) in [5.41, 5.74) is 4.81. The van der Waals surface area contributed by atoms with Crippen LogP contribution in [0, 0.1) is 20.8 Å². The van der Waals surface area contributed by atoms with Crippen LogP contribution in [0.4, 0.5) is 0 Å². The van der Waals surface area contributed by atoms with E-state index in [-0.39, 0.29) is 12.5 Å². The van der Waals surface area contributed by atoms with Crippen LogP contribution in [0.2, 0.25) is 0 Å². The Hall–Kier alpha value is -2.64. The maximum atomic E-state index is 13.1. The van der Waals surface area contributed by atoms with Crippen molar-refractivity contribution < 1.29 is 19.1 Å². The van der Waals surface area contributed by atoms with Gasteiger partial charge in [-0.3, -0.25) is 9.69 Å². The number of benzene rings is 1. The van der Waals surface area contributed by atoms with Gasteiger partial charge in [0.25, 0.3) is 5.91 Å². The minimum Gasteiger partial charge on any atom is -0.460 e. The summed E-state index contributed by atoms with van der Waals surface area (Å²) in [6.45, 7) is 10.1. The lowest BCUT2D eigenvalue weighted by atomic mass is 10.1. The Kier molecular flexibility index (Phi) is 7.29. The van der Waals surface area contributed by atoms with E-state index in [1.54, 1.807) is 21.0 Å². The number of nitrogens with one attached hydrogen (secondary N) is 1. The van der Waals surface area contributed by atoms with Crippen molar-refractivity contribution in [3.63, 3.8) is 0 Å². The molecule has 1 fully saturated rings. The van der Waals surface area contributed by atoms with Gasteiger partial charge in [-0.2, -0.15) is 0 Å². The molecule has 0 radical (unpaired) electrons. The van der Waals surface area contributed by atoms with Gasteiger partial charge in [0.1, 0.15) is 12.3 Å². The van der Waals surface area contributed by atoms with Gasteiger partial charge < -0.3 is 19.4 Å². The van der Waals surface area contributed by atoms with E-state index < -0.39 is 5.97 Å². The summed E-state index contributed by atoms with van der Waals surface area (Å²) in [7, 11) is 1.55. The number of ether oxygens (including phenoxy) is 2. The van der Waals surface area contributed by atoms with Crippen molar-refractivity contribution in [2.75, 3.05) is 46.5 Å². The van der Waals surface area contributed by atoms with Crippen LogP contribution in [-0.4, -0.2) is 73.2 Å². The first-order valence-electron chi connectivity index (χ1n) is 10.3. The van der Waals surface area contributed by atoms with Gasteiger partial charge >= 0.3 is 5.97 Å². The maximum absolute atomic E-state index is 13.1. The number of aromatic nitrogens is 1. The molecular weight excluding hydrogens is 382 g/mol. The molecule has 0 saturated carbocycles. The van der Waals surface area contributed by atoms with E-state index in [4.69, 9.17) is 9.47 Å². The highest BCUT2D eigenvalue weighted by molar-refractivity contribution is 6.00. The van der Waals surface area contributed by atoms with Crippen LogP contribution in [-0.2, 0) is 16.0 Å². The van der Waals surface area contributed by atoms with Crippen LogP contribution < -0.4 is 0 Å². The molecule has 7 nitrogen and oxygen atoms in total. The summed E-state index contributed by atoms with van der Waals surface area (Å²) >= 11 is 0. The summed E-state index contributed by atoms with van der Waals surface area (Å²) in [5.74, 6) is -0.498. The number of amides is 1.